The van der Waals surface area contributed by atoms with Crippen molar-refractivity contribution < 1.29 is 31.4 Å². The van der Waals surface area contributed by atoms with Crippen molar-refractivity contribution in [3.63, 3.8) is 0 Å². The van der Waals surface area contributed by atoms with Crippen molar-refractivity contribution in [3.8, 4) is 11.4 Å². The molecule has 9 nitrogen and oxygen atoms in total. The number of nitrogens with one attached hydrogen (secondary N) is 2. The maximum absolute atomic E-state index is 13.9. The molecule has 0 aliphatic carbocycles. The van der Waals surface area contributed by atoms with Gasteiger partial charge in [-0.3, -0.25) is 0 Å². The first-order chi connectivity index (χ1) is 17.8. The van der Waals surface area contributed by atoms with Gasteiger partial charge >= 0.3 is 12.4 Å². The molecule has 0 spiro atoms. The molecule has 0 bridgehead atoms. The van der Waals surface area contributed by atoms with E-state index in [2.05, 4.69) is 40.8 Å². The molecule has 0 aromatic carbocycles. The van der Waals surface area contributed by atoms with Crippen LogP contribution in [0.15, 0.2) is 42.9 Å². The van der Waals surface area contributed by atoms with E-state index in [9.17, 15) is 31.4 Å². The fraction of sp³-hybridized carbons (Fsp3) is 0.304. The fourth-order valence-electron chi connectivity index (χ4n) is 3.18. The van der Waals surface area contributed by atoms with Crippen LogP contribution >= 0.6 is 0 Å². The van der Waals surface area contributed by atoms with E-state index in [1.807, 2.05) is 0 Å². The van der Waals surface area contributed by atoms with Crippen LogP contribution in [-0.4, -0.2) is 48.4 Å². The number of aliphatic hydroxyl groups is 1. The lowest BCUT2D eigenvalue weighted by molar-refractivity contribution is -0.138. The Kier molecular flexibility index (Phi) is 7.06. The number of rotatable bonds is 7. The number of halogens is 6. The van der Waals surface area contributed by atoms with Crippen LogP contribution < -0.4 is 10.6 Å². The Morgan fingerprint density at radius 2 is 1.63 bits per heavy atom. The number of pyridine rings is 2. The molecule has 0 saturated heterocycles. The lowest BCUT2D eigenvalue weighted by Gasteiger charge is -2.22. The topological polar surface area (TPSA) is 122 Å². The van der Waals surface area contributed by atoms with Crippen molar-refractivity contribution in [1.82, 2.24) is 30.1 Å². The van der Waals surface area contributed by atoms with E-state index in [0.29, 0.717) is 6.20 Å². The number of hydrogen-bond donors (Lipinski definition) is 3. The summed E-state index contributed by atoms with van der Waals surface area (Å²) in [7, 11) is 0. The monoisotopic (exact) mass is 538 g/mol. The zero-order valence-corrected chi connectivity index (χ0v) is 19.9. The molecule has 3 N–H and O–H groups in total. The maximum atomic E-state index is 13.9. The number of hydrogen-bond acceptors (Lipinski definition) is 9. The average Bonchev–Trinajstić information content (AvgIpc) is 2.86. The molecule has 0 amide bonds. The highest BCUT2D eigenvalue weighted by Crippen LogP contribution is 2.37. The Hall–Kier alpha value is -4.14. The molecule has 0 aliphatic heterocycles. The highest BCUT2D eigenvalue weighted by Gasteiger charge is 2.36. The normalized spacial score (nSPS) is 12.6. The van der Waals surface area contributed by atoms with Crippen LogP contribution in [0.5, 0.6) is 0 Å². The first-order valence-electron chi connectivity index (χ1n) is 11.0. The van der Waals surface area contributed by atoms with Gasteiger partial charge in [0.05, 0.1) is 23.0 Å². The molecule has 4 aromatic heterocycles. The van der Waals surface area contributed by atoms with Crippen LogP contribution in [0.4, 0.5) is 43.7 Å². The van der Waals surface area contributed by atoms with Crippen molar-refractivity contribution in [2.75, 3.05) is 23.8 Å². The number of fused-ring (bicyclic) bond motifs is 1. The summed E-state index contributed by atoms with van der Waals surface area (Å²) in [5, 5.41) is 22.4. The minimum Gasteiger partial charge on any atom is -0.396 e. The summed E-state index contributed by atoms with van der Waals surface area (Å²) in [6.45, 7) is 3.41. The number of aliphatic hydroxyl groups excluding tert-OH is 1. The second kappa shape index (κ2) is 9.96. The molecule has 15 heteroatoms. The van der Waals surface area contributed by atoms with Crippen LogP contribution in [0, 0.1) is 5.41 Å². The first-order valence-corrected chi connectivity index (χ1v) is 11.0. The predicted molar refractivity (Wildman–Crippen MR) is 125 cm³/mol. The largest absolute Gasteiger partial charge is 0.418 e. The number of anilines is 3. The first kappa shape index (κ1) is 26.9. The quantitative estimate of drug-likeness (QED) is 0.276. The standard InChI is InChI=1S/C23H20F6N8O/c1-21(2,11-38)10-33-17-7-13(23(27,28)29)18(37-36-17)15-9-32-19-14(5-6-30-20(19)35-15)34-16-4-3-12(8-31-16)22(24,25)26/h3-9,38H,10-11H2,1-2H3,(H,33,36)(H,30,31,34,35). The summed E-state index contributed by atoms with van der Waals surface area (Å²) in [4.78, 5) is 16.1. The molecule has 0 fully saturated rings. The van der Waals surface area contributed by atoms with Crippen molar-refractivity contribution >= 4 is 28.5 Å². The minimum absolute atomic E-state index is 0.0405. The van der Waals surface area contributed by atoms with Gasteiger partial charge in [-0.2, -0.15) is 26.3 Å². The molecule has 4 rings (SSSR count). The summed E-state index contributed by atoms with van der Waals surface area (Å²) in [6, 6.07) is 4.23. The molecular weight excluding hydrogens is 518 g/mol. The predicted octanol–water partition coefficient (Wildman–Crippen LogP) is 5.09. The van der Waals surface area contributed by atoms with Gasteiger partial charge in [-0.05, 0) is 24.3 Å². The third-order valence-electron chi connectivity index (χ3n) is 5.32. The van der Waals surface area contributed by atoms with Gasteiger partial charge in [0, 0.05) is 31.0 Å². The van der Waals surface area contributed by atoms with E-state index < -0.39 is 34.6 Å². The maximum Gasteiger partial charge on any atom is 0.418 e. The van der Waals surface area contributed by atoms with Gasteiger partial charge in [-0.25, -0.2) is 19.9 Å². The van der Waals surface area contributed by atoms with Gasteiger partial charge in [-0.15, -0.1) is 10.2 Å². The molecule has 0 aliphatic rings. The van der Waals surface area contributed by atoms with Crippen LogP contribution in [0.2, 0.25) is 0 Å². The number of aromatic nitrogens is 6. The highest BCUT2D eigenvalue weighted by atomic mass is 19.4. The summed E-state index contributed by atoms with van der Waals surface area (Å²) >= 11 is 0. The van der Waals surface area contributed by atoms with E-state index in [4.69, 9.17) is 0 Å². The Labute approximate surface area is 211 Å². The van der Waals surface area contributed by atoms with E-state index in [0.717, 1.165) is 24.4 Å². The fourth-order valence-corrected chi connectivity index (χ4v) is 3.18. The molecule has 4 aromatic rings. The van der Waals surface area contributed by atoms with Gasteiger partial charge in [0.1, 0.15) is 28.5 Å². The summed E-state index contributed by atoms with van der Waals surface area (Å²) in [6.07, 6.45) is -6.30. The van der Waals surface area contributed by atoms with Crippen LogP contribution in [0.3, 0.4) is 0 Å². The second-order valence-electron chi connectivity index (χ2n) is 9.01. The Morgan fingerprint density at radius 3 is 2.26 bits per heavy atom. The van der Waals surface area contributed by atoms with Gasteiger partial charge in [-0.1, -0.05) is 13.8 Å². The second-order valence-corrected chi connectivity index (χ2v) is 9.01. The van der Waals surface area contributed by atoms with Crippen molar-refractivity contribution in [2.45, 2.75) is 26.2 Å². The van der Waals surface area contributed by atoms with E-state index >= 15 is 0 Å². The number of alkyl halides is 6. The van der Waals surface area contributed by atoms with E-state index in [1.54, 1.807) is 13.8 Å². The zero-order valence-electron chi connectivity index (χ0n) is 19.9. The van der Waals surface area contributed by atoms with Gasteiger partial charge in [0.25, 0.3) is 0 Å². The summed E-state index contributed by atoms with van der Waals surface area (Å²) in [5.74, 6) is -0.0564. The van der Waals surface area contributed by atoms with Crippen molar-refractivity contribution in [3.05, 3.63) is 54.0 Å². The van der Waals surface area contributed by atoms with E-state index in [1.165, 1.54) is 12.3 Å². The Bertz CT molecular complexity index is 1440. The third kappa shape index (κ3) is 6.04. The summed E-state index contributed by atoms with van der Waals surface area (Å²) in [5.41, 5.74) is -3.06. The molecule has 0 radical (unpaired) electrons. The molecule has 0 atom stereocenters. The Balaban J connectivity index is 1.66. The molecule has 0 unspecified atom stereocenters. The van der Waals surface area contributed by atoms with Crippen molar-refractivity contribution in [1.29, 1.82) is 0 Å². The number of nitrogens with zero attached hydrogens (tertiary/aromatic N) is 6. The SMILES string of the molecule is CC(C)(CO)CNc1cc(C(F)(F)F)c(-c2cnc3c(Nc4ccc(C(F)(F)F)cn4)ccnc3n2)nn1. The van der Waals surface area contributed by atoms with E-state index in [-0.39, 0.29) is 47.3 Å². The average molecular weight is 538 g/mol. The van der Waals surface area contributed by atoms with Crippen LogP contribution in [-0.2, 0) is 12.4 Å². The van der Waals surface area contributed by atoms with Gasteiger partial charge < -0.3 is 15.7 Å². The molecule has 0 saturated carbocycles. The molecular formula is C23H20F6N8O. The van der Waals surface area contributed by atoms with Crippen LogP contribution in [0.25, 0.3) is 22.6 Å². The summed E-state index contributed by atoms with van der Waals surface area (Å²) < 4.78 is 80.0. The van der Waals surface area contributed by atoms with Gasteiger partial charge in [0.2, 0.25) is 0 Å². The van der Waals surface area contributed by atoms with Gasteiger partial charge in [0.15, 0.2) is 5.65 Å². The van der Waals surface area contributed by atoms with Crippen LogP contribution in [0.1, 0.15) is 25.0 Å². The lowest BCUT2D eigenvalue weighted by Crippen LogP contribution is -2.27. The molecule has 38 heavy (non-hydrogen) atoms. The third-order valence-corrected chi connectivity index (χ3v) is 5.32. The molecule has 200 valence electrons. The lowest BCUT2D eigenvalue weighted by atomic mass is 9.95. The highest BCUT2D eigenvalue weighted by molar-refractivity contribution is 5.87. The Morgan fingerprint density at radius 1 is 0.868 bits per heavy atom. The smallest absolute Gasteiger partial charge is 0.396 e. The zero-order chi connectivity index (χ0) is 27.7. The minimum atomic E-state index is -4.80. The van der Waals surface area contributed by atoms with Crippen molar-refractivity contribution in [2.24, 2.45) is 5.41 Å². The molecule has 4 heterocycles.